The Balaban J connectivity index is 2.02. The Morgan fingerprint density at radius 1 is 1.45 bits per heavy atom. The van der Waals surface area contributed by atoms with E-state index < -0.39 is 0 Å². The van der Waals surface area contributed by atoms with Gasteiger partial charge in [-0.15, -0.1) is 0 Å². The third-order valence-electron chi connectivity index (χ3n) is 4.25. The van der Waals surface area contributed by atoms with Crippen LogP contribution in [-0.2, 0) is 4.79 Å². The van der Waals surface area contributed by atoms with Crippen molar-refractivity contribution in [2.24, 2.45) is 0 Å². The number of amides is 1. The van der Waals surface area contributed by atoms with Gasteiger partial charge in [0, 0.05) is 0 Å². The van der Waals surface area contributed by atoms with E-state index in [2.05, 4.69) is 17.6 Å². The van der Waals surface area contributed by atoms with Gasteiger partial charge >= 0.3 is 0 Å². The lowest BCUT2D eigenvalue weighted by Crippen LogP contribution is -2.53. The summed E-state index contributed by atoms with van der Waals surface area (Å²) in [7, 11) is 1.65. The maximum absolute atomic E-state index is 12.5. The van der Waals surface area contributed by atoms with Crippen molar-refractivity contribution in [3.63, 3.8) is 0 Å². The van der Waals surface area contributed by atoms with E-state index in [0.29, 0.717) is 0 Å². The fourth-order valence-corrected chi connectivity index (χ4v) is 2.77. The number of rotatable bonds is 5. The van der Waals surface area contributed by atoms with Crippen LogP contribution in [0.3, 0.4) is 0 Å². The monoisotopic (exact) mass is 276 g/mol. The molecule has 2 rings (SSSR count). The zero-order valence-corrected chi connectivity index (χ0v) is 12.5. The summed E-state index contributed by atoms with van der Waals surface area (Å²) in [5.74, 6) is 0.940. The Kier molecular flexibility index (Phi) is 4.65. The van der Waals surface area contributed by atoms with Crippen LogP contribution in [-0.4, -0.2) is 25.1 Å². The summed E-state index contributed by atoms with van der Waals surface area (Å²) >= 11 is 0. The van der Waals surface area contributed by atoms with Crippen molar-refractivity contribution in [3.8, 4) is 5.75 Å². The molecule has 1 aliphatic rings. The average molecular weight is 276 g/mol. The molecule has 4 heteroatoms. The standard InChI is InChI=1S/C16H24N2O2/c1-4-16(10-5-11-17-16)15(19)18-12(2)13-6-8-14(20-3)9-7-13/h6-9,12,17H,4-5,10-11H2,1-3H3,(H,18,19). The first kappa shape index (κ1) is 14.9. The van der Waals surface area contributed by atoms with Crippen LogP contribution in [0, 0.1) is 0 Å². The van der Waals surface area contributed by atoms with Crippen LogP contribution in [0.4, 0.5) is 0 Å². The zero-order valence-electron chi connectivity index (χ0n) is 12.5. The SMILES string of the molecule is CCC1(C(=O)NC(C)c2ccc(OC)cc2)CCCN1. The van der Waals surface area contributed by atoms with E-state index in [1.807, 2.05) is 31.2 Å². The van der Waals surface area contributed by atoms with Crippen LogP contribution < -0.4 is 15.4 Å². The maximum atomic E-state index is 12.5. The Hall–Kier alpha value is -1.55. The van der Waals surface area contributed by atoms with Crippen LogP contribution in [0.15, 0.2) is 24.3 Å². The molecule has 0 spiro atoms. The summed E-state index contributed by atoms with van der Waals surface area (Å²) in [6.45, 7) is 5.01. The maximum Gasteiger partial charge on any atom is 0.240 e. The highest BCUT2D eigenvalue weighted by atomic mass is 16.5. The molecule has 2 unspecified atom stereocenters. The molecule has 0 radical (unpaired) electrons. The van der Waals surface area contributed by atoms with Gasteiger partial charge in [-0.05, 0) is 50.4 Å². The van der Waals surface area contributed by atoms with Crippen molar-refractivity contribution < 1.29 is 9.53 Å². The molecule has 0 bridgehead atoms. The van der Waals surface area contributed by atoms with Crippen LogP contribution in [0.5, 0.6) is 5.75 Å². The normalized spacial score (nSPS) is 23.4. The molecular weight excluding hydrogens is 252 g/mol. The Morgan fingerprint density at radius 2 is 2.15 bits per heavy atom. The van der Waals surface area contributed by atoms with E-state index in [0.717, 1.165) is 37.1 Å². The number of ether oxygens (including phenoxy) is 1. The van der Waals surface area contributed by atoms with Crippen molar-refractivity contribution in [1.29, 1.82) is 0 Å². The van der Waals surface area contributed by atoms with Gasteiger partial charge in [0.05, 0.1) is 18.7 Å². The van der Waals surface area contributed by atoms with E-state index in [1.165, 1.54) is 0 Å². The highest BCUT2D eigenvalue weighted by Crippen LogP contribution is 2.25. The Labute approximate surface area is 120 Å². The summed E-state index contributed by atoms with van der Waals surface area (Å²) in [6, 6.07) is 7.82. The second-order valence-electron chi connectivity index (χ2n) is 5.43. The molecule has 20 heavy (non-hydrogen) atoms. The van der Waals surface area contributed by atoms with Crippen molar-refractivity contribution >= 4 is 5.91 Å². The van der Waals surface area contributed by atoms with E-state index >= 15 is 0 Å². The lowest BCUT2D eigenvalue weighted by atomic mass is 9.92. The summed E-state index contributed by atoms with van der Waals surface area (Å²) in [5.41, 5.74) is 0.712. The number of benzene rings is 1. The van der Waals surface area contributed by atoms with Crippen LogP contribution >= 0.6 is 0 Å². The van der Waals surface area contributed by atoms with Crippen LogP contribution in [0.1, 0.15) is 44.7 Å². The molecular formula is C16H24N2O2. The largest absolute Gasteiger partial charge is 0.497 e. The fourth-order valence-electron chi connectivity index (χ4n) is 2.77. The van der Waals surface area contributed by atoms with Gasteiger partial charge in [-0.2, -0.15) is 0 Å². The molecule has 1 fully saturated rings. The second-order valence-corrected chi connectivity index (χ2v) is 5.43. The molecule has 1 saturated heterocycles. The van der Waals surface area contributed by atoms with Gasteiger partial charge in [0.25, 0.3) is 0 Å². The predicted molar refractivity (Wildman–Crippen MR) is 79.8 cm³/mol. The van der Waals surface area contributed by atoms with Crippen molar-refractivity contribution in [2.45, 2.75) is 44.7 Å². The molecule has 4 nitrogen and oxygen atoms in total. The van der Waals surface area contributed by atoms with Crippen molar-refractivity contribution in [1.82, 2.24) is 10.6 Å². The van der Waals surface area contributed by atoms with Gasteiger partial charge in [-0.3, -0.25) is 4.79 Å². The lowest BCUT2D eigenvalue weighted by molar-refractivity contribution is -0.128. The Morgan fingerprint density at radius 3 is 2.65 bits per heavy atom. The lowest BCUT2D eigenvalue weighted by Gasteiger charge is -2.28. The molecule has 2 N–H and O–H groups in total. The number of methoxy groups -OCH3 is 1. The summed E-state index contributed by atoms with van der Waals surface area (Å²) in [4.78, 5) is 12.5. The first-order valence-electron chi connectivity index (χ1n) is 7.31. The van der Waals surface area contributed by atoms with Crippen molar-refractivity contribution in [3.05, 3.63) is 29.8 Å². The molecule has 2 atom stereocenters. The van der Waals surface area contributed by atoms with Gasteiger partial charge < -0.3 is 15.4 Å². The van der Waals surface area contributed by atoms with Gasteiger partial charge in [0.2, 0.25) is 5.91 Å². The molecule has 1 heterocycles. The topological polar surface area (TPSA) is 50.4 Å². The van der Waals surface area contributed by atoms with E-state index in [1.54, 1.807) is 7.11 Å². The molecule has 1 aromatic rings. The van der Waals surface area contributed by atoms with E-state index in [9.17, 15) is 4.79 Å². The number of carbonyl (C=O) groups is 1. The number of nitrogens with one attached hydrogen (secondary N) is 2. The Bertz CT molecular complexity index is 450. The average Bonchev–Trinajstić information content (AvgIpc) is 2.97. The van der Waals surface area contributed by atoms with E-state index in [-0.39, 0.29) is 17.5 Å². The third kappa shape index (κ3) is 2.96. The third-order valence-corrected chi connectivity index (χ3v) is 4.25. The summed E-state index contributed by atoms with van der Waals surface area (Å²) in [5, 5.41) is 6.49. The molecule has 0 aromatic heterocycles. The fraction of sp³-hybridized carbons (Fsp3) is 0.562. The van der Waals surface area contributed by atoms with Crippen molar-refractivity contribution in [2.75, 3.05) is 13.7 Å². The summed E-state index contributed by atoms with van der Waals surface area (Å²) in [6.07, 6.45) is 2.82. The van der Waals surface area contributed by atoms with Crippen LogP contribution in [0.25, 0.3) is 0 Å². The predicted octanol–water partition coefficient (Wildman–Crippen LogP) is 2.40. The first-order chi connectivity index (χ1) is 9.61. The van der Waals surface area contributed by atoms with Gasteiger partial charge in [-0.25, -0.2) is 0 Å². The first-order valence-corrected chi connectivity index (χ1v) is 7.31. The van der Waals surface area contributed by atoms with E-state index in [4.69, 9.17) is 4.74 Å². The molecule has 110 valence electrons. The van der Waals surface area contributed by atoms with Crippen LogP contribution in [0.2, 0.25) is 0 Å². The smallest absolute Gasteiger partial charge is 0.240 e. The van der Waals surface area contributed by atoms with Gasteiger partial charge in [0.15, 0.2) is 0 Å². The molecule has 0 saturated carbocycles. The second kappa shape index (κ2) is 6.27. The number of carbonyl (C=O) groups excluding carboxylic acids is 1. The molecule has 1 aromatic carbocycles. The highest BCUT2D eigenvalue weighted by Gasteiger charge is 2.39. The highest BCUT2D eigenvalue weighted by molar-refractivity contribution is 5.87. The number of hydrogen-bond acceptors (Lipinski definition) is 3. The molecule has 0 aliphatic carbocycles. The quantitative estimate of drug-likeness (QED) is 0.868. The molecule has 1 amide bonds. The van der Waals surface area contributed by atoms with Gasteiger partial charge in [0.1, 0.15) is 5.75 Å². The minimum atomic E-state index is -0.374. The number of hydrogen-bond donors (Lipinski definition) is 2. The minimum Gasteiger partial charge on any atom is -0.497 e. The molecule has 1 aliphatic heterocycles. The summed E-state index contributed by atoms with van der Waals surface area (Å²) < 4.78 is 5.15. The minimum absolute atomic E-state index is 0.000712. The zero-order chi connectivity index (χ0) is 14.6. The van der Waals surface area contributed by atoms with Gasteiger partial charge in [-0.1, -0.05) is 19.1 Å².